The SMILES string of the molecule is COC(=O)[C@](Cc1ccccc1)(NC=O)C(=O)C[C@H](N)C(=O)O. The van der Waals surface area contributed by atoms with Crippen LogP contribution in [0.4, 0.5) is 0 Å². The van der Waals surface area contributed by atoms with E-state index in [0.29, 0.717) is 5.56 Å². The number of ketones is 1. The van der Waals surface area contributed by atoms with E-state index in [1.54, 1.807) is 30.3 Å². The van der Waals surface area contributed by atoms with Gasteiger partial charge in [0, 0.05) is 12.8 Å². The van der Waals surface area contributed by atoms with Crippen molar-refractivity contribution in [3.8, 4) is 0 Å². The third-order valence-corrected chi connectivity index (χ3v) is 3.35. The quantitative estimate of drug-likeness (QED) is 0.309. The highest BCUT2D eigenvalue weighted by molar-refractivity contribution is 6.11. The Bertz CT molecular complexity index is 589. The van der Waals surface area contributed by atoms with Crippen LogP contribution in [0.15, 0.2) is 30.3 Å². The summed E-state index contributed by atoms with van der Waals surface area (Å²) in [4.78, 5) is 46.4. The van der Waals surface area contributed by atoms with Crippen molar-refractivity contribution in [1.29, 1.82) is 0 Å². The highest BCUT2D eigenvalue weighted by Crippen LogP contribution is 2.19. The lowest BCUT2D eigenvalue weighted by Crippen LogP contribution is -2.61. The highest BCUT2D eigenvalue weighted by atomic mass is 16.5. The molecule has 0 bridgehead atoms. The monoisotopic (exact) mass is 322 g/mol. The summed E-state index contributed by atoms with van der Waals surface area (Å²) in [6, 6.07) is 6.98. The van der Waals surface area contributed by atoms with E-state index in [-0.39, 0.29) is 12.8 Å². The van der Waals surface area contributed by atoms with Gasteiger partial charge in [-0.05, 0) is 5.56 Å². The predicted octanol–water partition coefficient (Wildman–Crippen LogP) is -0.742. The molecule has 0 saturated heterocycles. The van der Waals surface area contributed by atoms with Gasteiger partial charge in [-0.25, -0.2) is 4.79 Å². The van der Waals surface area contributed by atoms with Crippen molar-refractivity contribution in [2.75, 3.05) is 7.11 Å². The van der Waals surface area contributed by atoms with Gasteiger partial charge in [-0.1, -0.05) is 30.3 Å². The van der Waals surface area contributed by atoms with Crippen LogP contribution in [0, 0.1) is 0 Å². The Labute approximate surface area is 132 Å². The van der Waals surface area contributed by atoms with Gasteiger partial charge in [0.05, 0.1) is 7.11 Å². The van der Waals surface area contributed by atoms with Gasteiger partial charge >= 0.3 is 11.9 Å². The molecule has 1 amide bonds. The molecule has 1 aromatic carbocycles. The van der Waals surface area contributed by atoms with Crippen LogP contribution >= 0.6 is 0 Å². The van der Waals surface area contributed by atoms with E-state index in [9.17, 15) is 19.2 Å². The van der Waals surface area contributed by atoms with Crippen molar-refractivity contribution in [2.24, 2.45) is 5.73 Å². The van der Waals surface area contributed by atoms with Gasteiger partial charge < -0.3 is 20.9 Å². The van der Waals surface area contributed by atoms with Crippen molar-refractivity contribution in [1.82, 2.24) is 5.32 Å². The maximum absolute atomic E-state index is 12.5. The number of carbonyl (C=O) groups excluding carboxylic acids is 3. The average Bonchev–Trinajstić information content (AvgIpc) is 2.54. The number of nitrogens with one attached hydrogen (secondary N) is 1. The first-order valence-electron chi connectivity index (χ1n) is 6.72. The minimum absolute atomic E-state index is 0.176. The standard InChI is InChI=1S/C15H18N2O6/c1-23-14(22)15(17-9-18,8-10-5-3-2-4-6-10)12(19)7-11(16)13(20)21/h2-6,9,11H,7-8,16H2,1H3,(H,17,18)(H,20,21)/t11-,15+/m0/s1. The second kappa shape index (κ2) is 8.04. The maximum atomic E-state index is 12.5. The van der Waals surface area contributed by atoms with E-state index in [0.717, 1.165) is 7.11 Å². The molecule has 0 saturated carbocycles. The summed E-state index contributed by atoms with van der Waals surface area (Å²) in [6.45, 7) is 0. The first kappa shape index (κ1) is 18.3. The third-order valence-electron chi connectivity index (χ3n) is 3.35. The molecule has 4 N–H and O–H groups in total. The van der Waals surface area contributed by atoms with E-state index in [4.69, 9.17) is 10.8 Å². The molecule has 0 aliphatic carbocycles. The lowest BCUT2D eigenvalue weighted by molar-refractivity contribution is -0.155. The second-order valence-electron chi connectivity index (χ2n) is 4.89. The Morgan fingerprint density at radius 2 is 1.96 bits per heavy atom. The van der Waals surface area contributed by atoms with Gasteiger partial charge in [0.15, 0.2) is 5.78 Å². The number of rotatable bonds is 9. The van der Waals surface area contributed by atoms with Crippen LogP contribution in [0.1, 0.15) is 12.0 Å². The van der Waals surface area contributed by atoms with Gasteiger partial charge in [-0.3, -0.25) is 14.4 Å². The normalized spacial score (nSPS) is 14.2. The number of esters is 1. The van der Waals surface area contributed by atoms with E-state index in [1.807, 2.05) is 0 Å². The fourth-order valence-corrected chi connectivity index (χ4v) is 2.11. The number of amides is 1. The molecule has 1 aromatic rings. The maximum Gasteiger partial charge on any atom is 0.339 e. The van der Waals surface area contributed by atoms with Crippen LogP contribution in [0.5, 0.6) is 0 Å². The van der Waals surface area contributed by atoms with Crippen molar-refractivity contribution in [2.45, 2.75) is 24.4 Å². The van der Waals surface area contributed by atoms with Gasteiger partial charge in [0.1, 0.15) is 6.04 Å². The molecule has 0 spiro atoms. The second-order valence-corrected chi connectivity index (χ2v) is 4.89. The summed E-state index contributed by atoms with van der Waals surface area (Å²) in [5.74, 6) is -3.21. The Morgan fingerprint density at radius 1 is 1.35 bits per heavy atom. The molecule has 0 fully saturated rings. The molecule has 0 radical (unpaired) electrons. The summed E-state index contributed by atoms with van der Waals surface area (Å²) in [7, 11) is 1.07. The largest absolute Gasteiger partial charge is 0.480 e. The Balaban J connectivity index is 3.22. The van der Waals surface area contributed by atoms with Crippen LogP contribution in [-0.4, -0.2) is 47.9 Å². The Kier molecular flexibility index (Phi) is 6.40. The van der Waals surface area contributed by atoms with E-state index in [2.05, 4.69) is 10.1 Å². The molecule has 0 aliphatic rings. The zero-order valence-corrected chi connectivity index (χ0v) is 12.5. The van der Waals surface area contributed by atoms with Gasteiger partial charge in [-0.15, -0.1) is 0 Å². The molecule has 8 nitrogen and oxygen atoms in total. The topological polar surface area (TPSA) is 136 Å². The first-order chi connectivity index (χ1) is 10.9. The number of Topliss-reactive ketones (excluding diaryl/α,β-unsaturated/α-hetero) is 1. The fraction of sp³-hybridized carbons (Fsp3) is 0.333. The van der Waals surface area contributed by atoms with E-state index in [1.165, 1.54) is 0 Å². The minimum Gasteiger partial charge on any atom is -0.480 e. The molecule has 2 atom stereocenters. The van der Waals surface area contributed by atoms with E-state index < -0.39 is 35.7 Å². The lowest BCUT2D eigenvalue weighted by Gasteiger charge is -2.29. The van der Waals surface area contributed by atoms with Crippen LogP contribution in [0.3, 0.4) is 0 Å². The number of benzene rings is 1. The zero-order chi connectivity index (χ0) is 17.5. The third kappa shape index (κ3) is 4.36. The molecule has 8 heteroatoms. The summed E-state index contributed by atoms with van der Waals surface area (Å²) >= 11 is 0. The molecule has 23 heavy (non-hydrogen) atoms. The summed E-state index contributed by atoms with van der Waals surface area (Å²) < 4.78 is 4.63. The van der Waals surface area contributed by atoms with Gasteiger partial charge in [0.2, 0.25) is 11.9 Å². The number of ether oxygens (including phenoxy) is 1. The number of carboxylic acid groups (broad SMARTS) is 1. The van der Waals surface area contributed by atoms with Crippen molar-refractivity contribution < 1.29 is 29.0 Å². The number of hydrogen-bond donors (Lipinski definition) is 3. The summed E-state index contributed by atoms with van der Waals surface area (Å²) in [5, 5.41) is 11.0. The molecule has 0 aliphatic heterocycles. The van der Waals surface area contributed by atoms with E-state index >= 15 is 0 Å². The number of methoxy groups -OCH3 is 1. The average molecular weight is 322 g/mol. The molecular weight excluding hydrogens is 304 g/mol. The number of hydrogen-bond acceptors (Lipinski definition) is 6. The molecule has 0 unspecified atom stereocenters. The van der Waals surface area contributed by atoms with Gasteiger partial charge in [-0.2, -0.15) is 0 Å². The molecule has 1 rings (SSSR count). The smallest absolute Gasteiger partial charge is 0.339 e. The molecular formula is C15H18N2O6. The number of carbonyl (C=O) groups is 4. The lowest BCUT2D eigenvalue weighted by atomic mass is 9.84. The number of nitrogens with two attached hydrogens (primary N) is 1. The Morgan fingerprint density at radius 3 is 2.43 bits per heavy atom. The van der Waals surface area contributed by atoms with Crippen LogP contribution < -0.4 is 11.1 Å². The summed E-state index contributed by atoms with van der Waals surface area (Å²) in [6.07, 6.45) is -0.605. The fourth-order valence-electron chi connectivity index (χ4n) is 2.11. The molecule has 124 valence electrons. The van der Waals surface area contributed by atoms with Crippen LogP contribution in [0.2, 0.25) is 0 Å². The van der Waals surface area contributed by atoms with Gasteiger partial charge in [0.25, 0.3) is 0 Å². The number of carboxylic acids is 1. The van der Waals surface area contributed by atoms with Crippen molar-refractivity contribution in [3.63, 3.8) is 0 Å². The molecule has 0 heterocycles. The summed E-state index contributed by atoms with van der Waals surface area (Å²) in [5.41, 5.74) is 3.92. The number of aliphatic carboxylic acids is 1. The van der Waals surface area contributed by atoms with Crippen LogP contribution in [0.25, 0.3) is 0 Å². The van der Waals surface area contributed by atoms with Crippen molar-refractivity contribution >= 4 is 24.1 Å². The van der Waals surface area contributed by atoms with Crippen molar-refractivity contribution in [3.05, 3.63) is 35.9 Å². The minimum atomic E-state index is -2.02. The highest BCUT2D eigenvalue weighted by Gasteiger charge is 2.47. The molecule has 0 aromatic heterocycles. The first-order valence-corrected chi connectivity index (χ1v) is 6.72. The predicted molar refractivity (Wildman–Crippen MR) is 79.3 cm³/mol. The zero-order valence-electron chi connectivity index (χ0n) is 12.5. The Hall–Kier alpha value is -2.74. The van der Waals surface area contributed by atoms with Crippen LogP contribution in [-0.2, 0) is 30.3 Å².